The summed E-state index contributed by atoms with van der Waals surface area (Å²) in [6.07, 6.45) is 1.61. The van der Waals surface area contributed by atoms with Crippen LogP contribution in [0.15, 0.2) is 45.4 Å². The van der Waals surface area contributed by atoms with Crippen molar-refractivity contribution in [2.24, 2.45) is 0 Å². The van der Waals surface area contributed by atoms with Crippen molar-refractivity contribution < 1.29 is 9.34 Å². The Morgan fingerprint density at radius 3 is 2.89 bits per heavy atom. The Hall–Kier alpha value is -2.28. The van der Waals surface area contributed by atoms with E-state index in [-0.39, 0.29) is 5.69 Å². The summed E-state index contributed by atoms with van der Waals surface area (Å²) < 4.78 is 6.21. The molecule has 0 unspecified atom stereocenters. The van der Waals surface area contributed by atoms with E-state index < -0.39 is 4.92 Å². The van der Waals surface area contributed by atoms with Gasteiger partial charge >= 0.3 is 0 Å². The van der Waals surface area contributed by atoms with E-state index in [4.69, 9.17) is 4.42 Å². The van der Waals surface area contributed by atoms with Crippen LogP contribution in [0.2, 0.25) is 0 Å². The lowest BCUT2D eigenvalue weighted by Gasteiger charge is -1.99. The van der Waals surface area contributed by atoms with Crippen molar-refractivity contribution in [2.75, 3.05) is 0 Å². The van der Waals surface area contributed by atoms with Gasteiger partial charge in [-0.25, -0.2) is 4.98 Å². The summed E-state index contributed by atoms with van der Waals surface area (Å²) in [6.45, 7) is 0. The molecule has 0 aliphatic carbocycles. The second-order valence-electron chi connectivity index (χ2n) is 3.77. The molecule has 3 aromatic rings. The van der Waals surface area contributed by atoms with Crippen molar-refractivity contribution in [1.29, 1.82) is 0 Å². The minimum Gasteiger partial charge on any atom is -0.434 e. The number of fused-ring (bicyclic) bond motifs is 1. The number of nitrogens with zero attached hydrogens (tertiary/aromatic N) is 3. The zero-order valence-corrected chi connectivity index (χ0v) is 11.0. The molecule has 0 saturated carbocycles. The number of nitro groups is 1. The highest BCUT2D eigenvalue weighted by Crippen LogP contribution is 2.32. The number of rotatable bonds is 2. The predicted octanol–water partition coefficient (Wildman–Crippen LogP) is 3.56. The van der Waals surface area contributed by atoms with Gasteiger partial charge in [-0.15, -0.1) is 0 Å². The van der Waals surface area contributed by atoms with Gasteiger partial charge in [-0.05, 0) is 34.1 Å². The molecular formula is C12H6BrN3O3. The van der Waals surface area contributed by atoms with Gasteiger partial charge in [0.1, 0.15) is 0 Å². The Morgan fingerprint density at radius 1 is 1.32 bits per heavy atom. The average Bonchev–Trinajstić information content (AvgIpc) is 2.82. The summed E-state index contributed by atoms with van der Waals surface area (Å²) in [5.74, 6) is 0.296. The number of benzene rings is 1. The van der Waals surface area contributed by atoms with Crippen LogP contribution in [0.5, 0.6) is 0 Å². The van der Waals surface area contributed by atoms with Gasteiger partial charge < -0.3 is 4.42 Å². The van der Waals surface area contributed by atoms with E-state index in [0.717, 1.165) is 0 Å². The van der Waals surface area contributed by atoms with Gasteiger partial charge in [0.25, 0.3) is 5.69 Å². The molecule has 3 rings (SSSR count). The predicted molar refractivity (Wildman–Crippen MR) is 71.6 cm³/mol. The smallest absolute Gasteiger partial charge is 0.270 e. The second-order valence-corrected chi connectivity index (χ2v) is 4.62. The lowest BCUT2D eigenvalue weighted by molar-refractivity contribution is -0.384. The van der Waals surface area contributed by atoms with Crippen molar-refractivity contribution in [3.05, 3.63) is 51.1 Å². The molecule has 2 aromatic heterocycles. The molecule has 19 heavy (non-hydrogen) atoms. The highest BCUT2D eigenvalue weighted by molar-refractivity contribution is 9.10. The largest absolute Gasteiger partial charge is 0.434 e. The van der Waals surface area contributed by atoms with Crippen molar-refractivity contribution in [3.63, 3.8) is 0 Å². The highest BCUT2D eigenvalue weighted by atomic mass is 79.9. The van der Waals surface area contributed by atoms with Gasteiger partial charge in [0.05, 0.1) is 10.5 Å². The van der Waals surface area contributed by atoms with Crippen LogP contribution in [0.3, 0.4) is 0 Å². The van der Waals surface area contributed by atoms with E-state index in [0.29, 0.717) is 27.2 Å². The molecule has 7 heteroatoms. The maximum absolute atomic E-state index is 10.8. The molecule has 0 saturated heterocycles. The fourth-order valence-corrected chi connectivity index (χ4v) is 2.09. The zero-order chi connectivity index (χ0) is 13.4. The van der Waals surface area contributed by atoms with Crippen LogP contribution >= 0.6 is 15.9 Å². The number of hydrogen-bond acceptors (Lipinski definition) is 5. The summed E-state index contributed by atoms with van der Waals surface area (Å²) in [6, 6.07) is 7.89. The minimum atomic E-state index is -0.461. The molecule has 0 aliphatic rings. The molecule has 0 fully saturated rings. The molecule has 0 spiro atoms. The van der Waals surface area contributed by atoms with Crippen LogP contribution in [0.4, 0.5) is 5.69 Å². The van der Waals surface area contributed by atoms with Crippen LogP contribution in [0.25, 0.3) is 22.7 Å². The third kappa shape index (κ3) is 2.08. The number of oxazole rings is 1. The molecule has 94 valence electrons. The molecule has 1 aromatic carbocycles. The average molecular weight is 320 g/mol. The highest BCUT2D eigenvalue weighted by Gasteiger charge is 2.16. The van der Waals surface area contributed by atoms with E-state index in [1.54, 1.807) is 24.4 Å². The topological polar surface area (TPSA) is 82.1 Å². The van der Waals surface area contributed by atoms with E-state index in [1.807, 2.05) is 0 Å². The third-order valence-electron chi connectivity index (χ3n) is 2.56. The van der Waals surface area contributed by atoms with Crippen LogP contribution in [-0.2, 0) is 0 Å². The number of halogens is 1. The van der Waals surface area contributed by atoms with Crippen molar-refractivity contribution in [3.8, 4) is 11.5 Å². The Labute approximate surface area is 115 Å². The number of non-ortho nitro benzene ring substituents is 1. The first-order valence-electron chi connectivity index (χ1n) is 5.31. The zero-order valence-electron chi connectivity index (χ0n) is 9.41. The molecular weight excluding hydrogens is 314 g/mol. The monoisotopic (exact) mass is 319 g/mol. The number of nitro benzene ring substituents is 1. The van der Waals surface area contributed by atoms with Crippen molar-refractivity contribution in [2.45, 2.75) is 0 Å². The van der Waals surface area contributed by atoms with Crippen LogP contribution in [0.1, 0.15) is 0 Å². The van der Waals surface area contributed by atoms with Gasteiger partial charge in [-0.1, -0.05) is 0 Å². The summed E-state index contributed by atoms with van der Waals surface area (Å²) in [7, 11) is 0. The Kier molecular flexibility index (Phi) is 2.75. The van der Waals surface area contributed by atoms with Crippen molar-refractivity contribution >= 4 is 32.8 Å². The van der Waals surface area contributed by atoms with Gasteiger partial charge in [-0.2, -0.15) is 4.98 Å². The Bertz CT molecular complexity index is 752. The van der Waals surface area contributed by atoms with E-state index in [2.05, 4.69) is 25.9 Å². The van der Waals surface area contributed by atoms with E-state index in [9.17, 15) is 10.1 Å². The number of pyridine rings is 1. The third-order valence-corrected chi connectivity index (χ3v) is 3.25. The first-order valence-corrected chi connectivity index (χ1v) is 6.10. The summed E-state index contributed by atoms with van der Waals surface area (Å²) >= 11 is 3.33. The second kappa shape index (κ2) is 4.43. The molecule has 6 nitrogen and oxygen atoms in total. The maximum Gasteiger partial charge on any atom is 0.270 e. The molecule has 0 radical (unpaired) electrons. The lowest BCUT2D eigenvalue weighted by atomic mass is 10.2. The number of aromatic nitrogens is 2. The fourth-order valence-electron chi connectivity index (χ4n) is 1.67. The minimum absolute atomic E-state index is 0.0200. The Morgan fingerprint density at radius 2 is 2.16 bits per heavy atom. The summed E-state index contributed by atoms with van der Waals surface area (Å²) in [5.41, 5.74) is 1.51. The van der Waals surface area contributed by atoms with Crippen LogP contribution in [0, 0.1) is 10.1 Å². The summed E-state index contributed by atoms with van der Waals surface area (Å²) in [5, 5.41) is 10.8. The standard InChI is InChI=1S/C12H6BrN3O3/c13-9-4-3-7(16(17)18)6-8(9)12-15-11-10(19-12)2-1-5-14-11/h1-6H. The van der Waals surface area contributed by atoms with Gasteiger partial charge in [-0.3, -0.25) is 10.1 Å². The molecule has 0 aliphatic heterocycles. The first kappa shape index (κ1) is 11.8. The normalized spacial score (nSPS) is 10.8. The molecule has 2 heterocycles. The lowest BCUT2D eigenvalue weighted by Crippen LogP contribution is -1.89. The molecule has 0 N–H and O–H groups in total. The fraction of sp³-hybridized carbons (Fsp3) is 0. The Balaban J connectivity index is 2.20. The van der Waals surface area contributed by atoms with Gasteiger partial charge in [0.15, 0.2) is 11.2 Å². The molecule has 0 atom stereocenters. The van der Waals surface area contributed by atoms with Gasteiger partial charge in [0.2, 0.25) is 5.89 Å². The molecule has 0 bridgehead atoms. The van der Waals surface area contributed by atoms with E-state index >= 15 is 0 Å². The first-order chi connectivity index (χ1) is 9.15. The maximum atomic E-state index is 10.8. The SMILES string of the molecule is O=[N+]([O-])c1ccc(Br)c(-c2nc3ncccc3o2)c1. The molecule has 0 amide bonds. The van der Waals surface area contributed by atoms with Gasteiger partial charge in [0, 0.05) is 22.8 Å². The quantitative estimate of drug-likeness (QED) is 0.532. The van der Waals surface area contributed by atoms with Crippen molar-refractivity contribution in [1.82, 2.24) is 9.97 Å². The van der Waals surface area contributed by atoms with Crippen LogP contribution < -0.4 is 0 Å². The van der Waals surface area contributed by atoms with Crippen LogP contribution in [-0.4, -0.2) is 14.9 Å². The summed E-state index contributed by atoms with van der Waals surface area (Å²) in [4.78, 5) is 18.6. The van der Waals surface area contributed by atoms with E-state index in [1.165, 1.54) is 12.1 Å². The number of hydrogen-bond donors (Lipinski definition) is 0.